The Morgan fingerprint density at radius 2 is 2.08 bits per heavy atom. The number of hydrogen-bond acceptors (Lipinski definition) is 5. The van der Waals surface area contributed by atoms with Crippen LogP contribution < -0.4 is 16.2 Å². The normalized spacial score (nSPS) is 10.6. The van der Waals surface area contributed by atoms with E-state index in [0.29, 0.717) is 17.1 Å². The number of aromatic nitrogens is 3. The van der Waals surface area contributed by atoms with Crippen molar-refractivity contribution in [2.45, 2.75) is 0 Å². The summed E-state index contributed by atoms with van der Waals surface area (Å²) < 4.78 is 19.3. The highest BCUT2D eigenvalue weighted by molar-refractivity contribution is 6.00. The molecule has 0 aliphatic carbocycles. The van der Waals surface area contributed by atoms with Gasteiger partial charge in [0, 0.05) is 17.8 Å². The van der Waals surface area contributed by atoms with Gasteiger partial charge < -0.3 is 21.2 Å². The minimum absolute atomic E-state index is 0.0832. The Morgan fingerprint density at radius 3 is 2.71 bits per heavy atom. The molecular formula is C16H14FN5O2. The molecule has 0 saturated heterocycles. The van der Waals surface area contributed by atoms with Crippen LogP contribution in [-0.4, -0.2) is 28.0 Å². The van der Waals surface area contributed by atoms with E-state index in [1.807, 2.05) is 0 Å². The summed E-state index contributed by atoms with van der Waals surface area (Å²) in [5, 5.41) is 0. The molecule has 0 radical (unpaired) electrons. The van der Waals surface area contributed by atoms with Gasteiger partial charge >= 0.3 is 0 Å². The van der Waals surface area contributed by atoms with E-state index in [2.05, 4.69) is 15.0 Å². The summed E-state index contributed by atoms with van der Waals surface area (Å²) in [6.45, 7) is 0. The Hall–Kier alpha value is -3.42. The molecule has 0 fully saturated rings. The molecule has 0 bridgehead atoms. The van der Waals surface area contributed by atoms with E-state index in [9.17, 15) is 9.18 Å². The number of amides is 1. The van der Waals surface area contributed by atoms with E-state index in [4.69, 9.17) is 16.2 Å². The number of anilines is 1. The van der Waals surface area contributed by atoms with Gasteiger partial charge in [-0.25, -0.2) is 14.4 Å². The number of rotatable bonds is 4. The van der Waals surface area contributed by atoms with Crippen LogP contribution in [0, 0.1) is 5.82 Å². The number of hydrogen-bond donors (Lipinski definition) is 3. The number of benzene rings is 1. The molecule has 0 unspecified atom stereocenters. The van der Waals surface area contributed by atoms with Gasteiger partial charge in [0.2, 0.25) is 5.95 Å². The van der Waals surface area contributed by atoms with E-state index in [-0.39, 0.29) is 22.8 Å². The Kier molecular flexibility index (Phi) is 3.87. The zero-order valence-corrected chi connectivity index (χ0v) is 12.7. The van der Waals surface area contributed by atoms with Gasteiger partial charge in [-0.15, -0.1) is 0 Å². The lowest BCUT2D eigenvalue weighted by Gasteiger charge is -2.06. The van der Waals surface area contributed by atoms with E-state index in [1.165, 1.54) is 31.5 Å². The number of aromatic amines is 1. The van der Waals surface area contributed by atoms with Gasteiger partial charge in [-0.3, -0.25) is 4.79 Å². The lowest BCUT2D eigenvalue weighted by atomic mass is 10.1. The highest BCUT2D eigenvalue weighted by Crippen LogP contribution is 2.31. The van der Waals surface area contributed by atoms with Crippen molar-refractivity contribution < 1.29 is 13.9 Å². The monoisotopic (exact) mass is 327 g/mol. The van der Waals surface area contributed by atoms with Crippen molar-refractivity contribution in [1.29, 1.82) is 0 Å². The molecule has 0 spiro atoms. The molecule has 8 heteroatoms. The maximum Gasteiger partial charge on any atom is 0.250 e. The largest absolute Gasteiger partial charge is 0.497 e. The second kappa shape index (κ2) is 5.99. The fourth-order valence-corrected chi connectivity index (χ4v) is 2.35. The lowest BCUT2D eigenvalue weighted by molar-refractivity contribution is 0.100. The fraction of sp³-hybridized carbons (Fsp3) is 0.0625. The number of carbonyl (C=O) groups is 1. The third-order valence-corrected chi connectivity index (χ3v) is 3.48. The number of primary amides is 1. The summed E-state index contributed by atoms with van der Waals surface area (Å²) in [7, 11) is 1.44. The Labute approximate surface area is 136 Å². The van der Waals surface area contributed by atoms with Gasteiger partial charge in [-0.2, -0.15) is 0 Å². The summed E-state index contributed by atoms with van der Waals surface area (Å²) in [4.78, 5) is 22.6. The molecule has 7 nitrogen and oxygen atoms in total. The average molecular weight is 327 g/mol. The van der Waals surface area contributed by atoms with E-state index in [1.54, 1.807) is 12.1 Å². The number of nitrogens with two attached hydrogens (primary N) is 2. The van der Waals surface area contributed by atoms with Crippen molar-refractivity contribution in [2.24, 2.45) is 5.73 Å². The second-order valence-electron chi connectivity index (χ2n) is 4.98. The van der Waals surface area contributed by atoms with Crippen molar-refractivity contribution in [2.75, 3.05) is 12.8 Å². The summed E-state index contributed by atoms with van der Waals surface area (Å²) in [5.74, 6) is -0.788. The molecule has 1 aromatic carbocycles. The number of methoxy groups -OCH3 is 1. The molecule has 122 valence electrons. The molecule has 2 aromatic heterocycles. The summed E-state index contributed by atoms with van der Waals surface area (Å²) in [6.07, 6.45) is 1.48. The third kappa shape index (κ3) is 2.76. The number of carbonyl (C=O) groups excluding carboxylic acids is 1. The molecule has 0 saturated carbocycles. The molecular weight excluding hydrogens is 313 g/mol. The van der Waals surface area contributed by atoms with E-state index < -0.39 is 11.7 Å². The first kappa shape index (κ1) is 15.5. The van der Waals surface area contributed by atoms with Crippen LogP contribution in [0.15, 0.2) is 36.5 Å². The first-order valence-electron chi connectivity index (χ1n) is 6.95. The molecule has 2 heterocycles. The summed E-state index contributed by atoms with van der Waals surface area (Å²) in [5.41, 5.74) is 12.5. The maximum absolute atomic E-state index is 14.3. The van der Waals surface area contributed by atoms with Gasteiger partial charge in [0.1, 0.15) is 11.6 Å². The SMILES string of the molecule is COc1ccc(-c2[nH]c(-c3ccnc(N)n3)cc2C(N)=O)c(F)c1. The third-order valence-electron chi connectivity index (χ3n) is 3.48. The van der Waals surface area contributed by atoms with Gasteiger partial charge in [0.15, 0.2) is 0 Å². The zero-order chi connectivity index (χ0) is 17.3. The number of nitrogen functional groups attached to an aromatic ring is 1. The zero-order valence-electron chi connectivity index (χ0n) is 12.7. The van der Waals surface area contributed by atoms with Gasteiger partial charge in [-0.05, 0) is 24.3 Å². The van der Waals surface area contributed by atoms with Crippen LogP contribution in [0.4, 0.5) is 10.3 Å². The predicted molar refractivity (Wildman–Crippen MR) is 86.7 cm³/mol. The maximum atomic E-state index is 14.3. The summed E-state index contributed by atoms with van der Waals surface area (Å²) in [6, 6.07) is 7.43. The number of ether oxygens (including phenoxy) is 1. The predicted octanol–water partition coefficient (Wildman–Crippen LogP) is 1.97. The van der Waals surface area contributed by atoms with Crippen molar-refractivity contribution >= 4 is 11.9 Å². The van der Waals surface area contributed by atoms with Crippen molar-refractivity contribution in [3.8, 4) is 28.4 Å². The van der Waals surface area contributed by atoms with Crippen LogP contribution in [0.25, 0.3) is 22.6 Å². The molecule has 24 heavy (non-hydrogen) atoms. The van der Waals surface area contributed by atoms with Crippen LogP contribution in [0.3, 0.4) is 0 Å². The highest BCUT2D eigenvalue weighted by Gasteiger charge is 2.19. The minimum Gasteiger partial charge on any atom is -0.497 e. The van der Waals surface area contributed by atoms with Crippen molar-refractivity contribution in [1.82, 2.24) is 15.0 Å². The van der Waals surface area contributed by atoms with E-state index in [0.717, 1.165) is 0 Å². The lowest BCUT2D eigenvalue weighted by Crippen LogP contribution is -2.11. The standard InChI is InChI=1S/C16H14FN5O2/c1-24-8-2-3-9(11(17)6-8)14-10(15(18)23)7-13(21-14)12-4-5-20-16(19)22-12/h2-7,21H,1H3,(H2,18,23)(H2,19,20,22). The molecule has 0 aliphatic heterocycles. The van der Waals surface area contributed by atoms with Crippen LogP contribution in [0.2, 0.25) is 0 Å². The number of halogens is 1. The molecule has 1 amide bonds. The average Bonchev–Trinajstić information content (AvgIpc) is 3.00. The van der Waals surface area contributed by atoms with Gasteiger partial charge in [-0.1, -0.05) is 0 Å². The quantitative estimate of drug-likeness (QED) is 0.676. The van der Waals surface area contributed by atoms with Crippen LogP contribution in [-0.2, 0) is 0 Å². The molecule has 5 N–H and O–H groups in total. The minimum atomic E-state index is -0.690. The smallest absolute Gasteiger partial charge is 0.250 e. The number of nitrogens with zero attached hydrogens (tertiary/aromatic N) is 2. The summed E-state index contributed by atoms with van der Waals surface area (Å²) >= 11 is 0. The molecule has 0 aliphatic rings. The second-order valence-corrected chi connectivity index (χ2v) is 4.98. The Morgan fingerprint density at radius 1 is 1.29 bits per heavy atom. The fourth-order valence-electron chi connectivity index (χ4n) is 2.35. The molecule has 0 atom stereocenters. The number of nitrogens with one attached hydrogen (secondary N) is 1. The van der Waals surface area contributed by atoms with Gasteiger partial charge in [0.25, 0.3) is 5.91 Å². The van der Waals surface area contributed by atoms with Crippen LogP contribution in [0.1, 0.15) is 10.4 Å². The van der Waals surface area contributed by atoms with Gasteiger partial charge in [0.05, 0.1) is 29.8 Å². The van der Waals surface area contributed by atoms with Crippen LogP contribution >= 0.6 is 0 Å². The Balaban J connectivity index is 2.16. The first-order chi connectivity index (χ1) is 11.5. The molecule has 3 rings (SSSR count). The van der Waals surface area contributed by atoms with Crippen LogP contribution in [0.5, 0.6) is 5.75 Å². The van der Waals surface area contributed by atoms with E-state index >= 15 is 0 Å². The Bertz CT molecular complexity index is 923. The van der Waals surface area contributed by atoms with Crippen molar-refractivity contribution in [3.63, 3.8) is 0 Å². The van der Waals surface area contributed by atoms with Crippen molar-refractivity contribution in [3.05, 3.63) is 47.9 Å². The highest BCUT2D eigenvalue weighted by atomic mass is 19.1. The number of H-pyrrole nitrogens is 1. The molecule has 3 aromatic rings. The topological polar surface area (TPSA) is 120 Å². The first-order valence-corrected chi connectivity index (χ1v) is 6.95.